The van der Waals surface area contributed by atoms with E-state index in [9.17, 15) is 14.7 Å². The smallest absolute Gasteiger partial charge is 0.337 e. The monoisotopic (exact) mass is 446 g/mol. The molecule has 32 heavy (non-hydrogen) atoms. The molecule has 0 bridgehead atoms. The van der Waals surface area contributed by atoms with Gasteiger partial charge >= 0.3 is 11.9 Å². The number of hydrogen-bond acceptors (Lipinski definition) is 6. The maximum Gasteiger partial charge on any atom is 0.337 e. The van der Waals surface area contributed by atoms with Crippen molar-refractivity contribution in [2.75, 3.05) is 14.2 Å². The van der Waals surface area contributed by atoms with Gasteiger partial charge in [0.2, 0.25) is 0 Å². The summed E-state index contributed by atoms with van der Waals surface area (Å²) < 4.78 is 15.5. The van der Waals surface area contributed by atoms with Crippen molar-refractivity contribution in [3.05, 3.63) is 52.6 Å². The maximum atomic E-state index is 11.8. The third-order valence-corrected chi connectivity index (χ3v) is 5.30. The van der Waals surface area contributed by atoms with Crippen molar-refractivity contribution in [1.29, 1.82) is 0 Å². The summed E-state index contributed by atoms with van der Waals surface area (Å²) in [6, 6.07) is 5.29. The van der Waals surface area contributed by atoms with E-state index in [0.717, 1.165) is 30.6 Å². The van der Waals surface area contributed by atoms with Gasteiger partial charge in [0.05, 0.1) is 25.4 Å². The van der Waals surface area contributed by atoms with E-state index < -0.39 is 11.7 Å². The van der Waals surface area contributed by atoms with Crippen LogP contribution in [0, 0.1) is 0 Å². The van der Waals surface area contributed by atoms with Gasteiger partial charge in [-0.05, 0) is 83.6 Å². The van der Waals surface area contributed by atoms with Crippen LogP contribution in [0.4, 0.5) is 0 Å². The largest absolute Gasteiger partial charge is 0.496 e. The molecule has 0 amide bonds. The minimum Gasteiger partial charge on any atom is -0.496 e. The average Bonchev–Trinajstić information content (AvgIpc) is 2.73. The lowest BCUT2D eigenvalue weighted by Gasteiger charge is -2.28. The third kappa shape index (κ3) is 9.69. The van der Waals surface area contributed by atoms with Gasteiger partial charge in [0.15, 0.2) is 0 Å². The van der Waals surface area contributed by atoms with Gasteiger partial charge in [0.25, 0.3) is 0 Å². The van der Waals surface area contributed by atoms with Gasteiger partial charge in [-0.3, -0.25) is 4.79 Å². The minimum absolute atomic E-state index is 0.365. The normalized spacial score (nSPS) is 13.5. The number of ether oxygens (including phenoxy) is 3. The van der Waals surface area contributed by atoms with Crippen molar-refractivity contribution < 1.29 is 28.9 Å². The predicted molar refractivity (Wildman–Crippen MR) is 126 cm³/mol. The van der Waals surface area contributed by atoms with Crippen LogP contribution in [0.2, 0.25) is 0 Å². The molecule has 1 aromatic rings. The van der Waals surface area contributed by atoms with E-state index in [1.54, 1.807) is 39.2 Å². The molecule has 1 aromatic carbocycles. The number of carbonyl (C=O) groups excluding carboxylic acids is 2. The number of esters is 2. The molecule has 1 N–H and O–H groups in total. The number of allylic oxidation sites excluding steroid dienone is 4. The predicted octanol–water partition coefficient (Wildman–Crippen LogP) is 5.18. The van der Waals surface area contributed by atoms with Crippen molar-refractivity contribution in [3.63, 3.8) is 0 Å². The van der Waals surface area contributed by atoms with E-state index in [1.807, 2.05) is 0 Å². The minimum atomic E-state index is -1.07. The lowest BCUT2D eigenvalue weighted by atomic mass is 9.95. The SMILES string of the molecule is COC(=O)c1ccc(OC)c(C/C=C(\C)CC/C=C(\C)CCC(OC(C)=O)C(C)(C)O)c1. The summed E-state index contributed by atoms with van der Waals surface area (Å²) in [7, 11) is 2.98. The molecule has 0 radical (unpaired) electrons. The van der Waals surface area contributed by atoms with Crippen LogP contribution in [-0.2, 0) is 20.7 Å². The van der Waals surface area contributed by atoms with E-state index >= 15 is 0 Å². The van der Waals surface area contributed by atoms with Gasteiger partial charge in [0.1, 0.15) is 11.9 Å². The van der Waals surface area contributed by atoms with Crippen LogP contribution < -0.4 is 4.74 Å². The Morgan fingerprint density at radius 3 is 2.28 bits per heavy atom. The summed E-state index contributed by atoms with van der Waals surface area (Å²) in [4.78, 5) is 23.1. The molecule has 0 saturated carbocycles. The molecule has 178 valence electrons. The highest BCUT2D eigenvalue weighted by molar-refractivity contribution is 5.89. The van der Waals surface area contributed by atoms with Gasteiger partial charge in [0, 0.05) is 6.92 Å². The summed E-state index contributed by atoms with van der Waals surface area (Å²) >= 11 is 0. The van der Waals surface area contributed by atoms with Crippen LogP contribution in [0.5, 0.6) is 5.75 Å². The topological polar surface area (TPSA) is 82.1 Å². The van der Waals surface area contributed by atoms with Gasteiger partial charge in [-0.25, -0.2) is 4.79 Å². The second-order valence-corrected chi connectivity index (χ2v) is 8.65. The molecule has 1 rings (SSSR count). The summed E-state index contributed by atoms with van der Waals surface area (Å²) in [6.07, 6.45) is 7.61. The van der Waals surface area contributed by atoms with Crippen LogP contribution >= 0.6 is 0 Å². The number of benzene rings is 1. The molecule has 0 spiro atoms. The Labute approximate surface area is 192 Å². The number of carbonyl (C=O) groups is 2. The standard InChI is InChI=1S/C26H38O6/c1-18(11-13-21-17-22(25(28)31-7)14-15-23(21)30-6)9-8-10-19(2)12-16-24(26(4,5)29)32-20(3)27/h10-11,14-15,17,24,29H,8-9,12-13,16H2,1-7H3/b18-11+,19-10+. The highest BCUT2D eigenvalue weighted by Gasteiger charge is 2.29. The molecule has 6 heteroatoms. The maximum absolute atomic E-state index is 11.8. The summed E-state index contributed by atoms with van der Waals surface area (Å²) in [5.74, 6) is -0.00407. The van der Waals surface area contributed by atoms with Crippen molar-refractivity contribution in [2.24, 2.45) is 0 Å². The molecule has 0 aromatic heterocycles. The quantitative estimate of drug-likeness (QED) is 0.352. The first kappa shape index (κ1) is 27.4. The van der Waals surface area contributed by atoms with E-state index in [-0.39, 0.29) is 11.9 Å². The second kappa shape index (κ2) is 13.1. The van der Waals surface area contributed by atoms with E-state index in [2.05, 4.69) is 26.0 Å². The van der Waals surface area contributed by atoms with Gasteiger partial charge in [-0.2, -0.15) is 0 Å². The van der Waals surface area contributed by atoms with Crippen LogP contribution in [0.25, 0.3) is 0 Å². The lowest BCUT2D eigenvalue weighted by Crippen LogP contribution is -2.39. The van der Waals surface area contributed by atoms with Gasteiger partial charge in [-0.15, -0.1) is 0 Å². The zero-order valence-electron chi connectivity index (χ0n) is 20.5. The van der Waals surface area contributed by atoms with Crippen molar-refractivity contribution in [2.45, 2.75) is 78.4 Å². The molecule has 1 atom stereocenters. The highest BCUT2D eigenvalue weighted by Crippen LogP contribution is 2.23. The Morgan fingerprint density at radius 2 is 1.72 bits per heavy atom. The Bertz CT molecular complexity index is 829. The molecule has 6 nitrogen and oxygen atoms in total. The van der Waals surface area contributed by atoms with Crippen LogP contribution in [0.3, 0.4) is 0 Å². The highest BCUT2D eigenvalue weighted by atomic mass is 16.6. The zero-order valence-corrected chi connectivity index (χ0v) is 20.5. The fourth-order valence-corrected chi connectivity index (χ4v) is 3.33. The van der Waals surface area contributed by atoms with Gasteiger partial charge in [-0.1, -0.05) is 23.3 Å². The first-order chi connectivity index (χ1) is 15.0. The fourth-order valence-electron chi connectivity index (χ4n) is 3.33. The van der Waals surface area contributed by atoms with E-state index in [1.165, 1.54) is 25.2 Å². The van der Waals surface area contributed by atoms with Crippen molar-refractivity contribution >= 4 is 11.9 Å². The molecule has 0 aliphatic carbocycles. The first-order valence-corrected chi connectivity index (χ1v) is 10.9. The number of aliphatic hydroxyl groups is 1. The fraction of sp³-hybridized carbons (Fsp3) is 0.538. The molecule has 0 aliphatic rings. The molecule has 0 saturated heterocycles. The number of rotatable bonds is 12. The van der Waals surface area contributed by atoms with E-state index in [0.29, 0.717) is 18.4 Å². The molecule has 1 unspecified atom stereocenters. The lowest BCUT2D eigenvalue weighted by molar-refractivity contribution is -0.159. The zero-order chi connectivity index (χ0) is 24.3. The second-order valence-electron chi connectivity index (χ2n) is 8.65. The summed E-state index contributed by atoms with van der Waals surface area (Å²) in [5.41, 5.74) is 2.81. The van der Waals surface area contributed by atoms with Crippen molar-refractivity contribution in [3.8, 4) is 5.75 Å². The molecule has 0 fully saturated rings. The van der Waals surface area contributed by atoms with Crippen LogP contribution in [0.15, 0.2) is 41.5 Å². The molecular formula is C26H38O6. The Hall–Kier alpha value is -2.60. The third-order valence-electron chi connectivity index (χ3n) is 5.30. The Morgan fingerprint density at radius 1 is 1.06 bits per heavy atom. The summed E-state index contributed by atoms with van der Waals surface area (Å²) in [5, 5.41) is 10.2. The first-order valence-electron chi connectivity index (χ1n) is 10.9. The molecular weight excluding hydrogens is 408 g/mol. The Kier molecular flexibility index (Phi) is 11.2. The van der Waals surface area contributed by atoms with Crippen LogP contribution in [-0.4, -0.2) is 43.0 Å². The van der Waals surface area contributed by atoms with Gasteiger partial charge < -0.3 is 19.3 Å². The molecule has 0 heterocycles. The molecule has 0 aliphatic heterocycles. The number of methoxy groups -OCH3 is 2. The van der Waals surface area contributed by atoms with Crippen molar-refractivity contribution in [1.82, 2.24) is 0 Å². The van der Waals surface area contributed by atoms with E-state index in [4.69, 9.17) is 14.2 Å². The summed E-state index contributed by atoms with van der Waals surface area (Å²) in [6.45, 7) is 8.81. The number of hydrogen-bond donors (Lipinski definition) is 1. The Balaban J connectivity index is 2.64. The average molecular weight is 447 g/mol. The van der Waals surface area contributed by atoms with Crippen LogP contribution in [0.1, 0.15) is 76.2 Å².